The molecule has 0 saturated heterocycles. The van der Waals surface area contributed by atoms with Gasteiger partial charge < -0.3 is 14.9 Å². The second-order valence-corrected chi connectivity index (χ2v) is 5.89. The summed E-state index contributed by atoms with van der Waals surface area (Å²) in [4.78, 5) is 11.0. The van der Waals surface area contributed by atoms with Gasteiger partial charge in [-0.2, -0.15) is 5.10 Å². The van der Waals surface area contributed by atoms with Crippen LogP contribution in [0.2, 0.25) is 5.02 Å². The van der Waals surface area contributed by atoms with Crippen LogP contribution in [-0.2, 0) is 0 Å². The Balaban J connectivity index is 2.17. The number of anilines is 1. The molecule has 8 heteroatoms. The second kappa shape index (κ2) is 8.03. The highest BCUT2D eigenvalue weighted by molar-refractivity contribution is 9.10. The molecule has 0 aliphatic carbocycles. The predicted molar refractivity (Wildman–Crippen MR) is 94.4 cm³/mol. The number of hydrogen-bond donors (Lipinski definition) is 2. The highest BCUT2D eigenvalue weighted by atomic mass is 79.9. The first-order valence-corrected chi connectivity index (χ1v) is 8.04. The molecule has 0 amide bonds. The van der Waals surface area contributed by atoms with Crippen LogP contribution in [0.1, 0.15) is 22.8 Å². The highest BCUT2D eigenvalue weighted by Gasteiger charge is 2.09. The molecule has 2 aromatic carbocycles. The molecule has 126 valence electrons. The van der Waals surface area contributed by atoms with Crippen LogP contribution in [0.4, 0.5) is 5.69 Å². The van der Waals surface area contributed by atoms with Crippen molar-refractivity contribution in [1.82, 2.24) is 0 Å². The molecule has 2 rings (SSSR count). The van der Waals surface area contributed by atoms with Crippen LogP contribution in [0.25, 0.3) is 0 Å². The average molecular weight is 413 g/mol. The first-order chi connectivity index (χ1) is 11.4. The van der Waals surface area contributed by atoms with Crippen LogP contribution in [0.5, 0.6) is 11.5 Å². The highest BCUT2D eigenvalue weighted by Crippen LogP contribution is 2.32. The van der Waals surface area contributed by atoms with Crippen LogP contribution >= 0.6 is 27.5 Å². The number of hydrazone groups is 1. The van der Waals surface area contributed by atoms with E-state index in [0.717, 1.165) is 0 Å². The molecule has 0 saturated carbocycles. The van der Waals surface area contributed by atoms with E-state index >= 15 is 0 Å². The molecule has 0 fully saturated rings. The van der Waals surface area contributed by atoms with Crippen LogP contribution in [0, 0.1) is 0 Å². The van der Waals surface area contributed by atoms with E-state index in [1.165, 1.54) is 18.3 Å². The Kier molecular flexibility index (Phi) is 6.05. The SMILES string of the molecule is CCOc1cc(/C=N/Nc2ccc(Cl)c(C(=O)O)c2)cc(Br)c1[O-]. The molecule has 0 spiro atoms. The molecule has 0 aliphatic rings. The van der Waals surface area contributed by atoms with E-state index in [-0.39, 0.29) is 22.1 Å². The maximum absolute atomic E-state index is 11.8. The monoisotopic (exact) mass is 411 g/mol. The normalized spacial score (nSPS) is 10.8. The zero-order chi connectivity index (χ0) is 17.7. The summed E-state index contributed by atoms with van der Waals surface area (Å²) in [5.41, 5.74) is 3.81. The zero-order valence-corrected chi connectivity index (χ0v) is 14.9. The number of benzene rings is 2. The number of nitrogens with one attached hydrogen (secondary N) is 1. The smallest absolute Gasteiger partial charge is 0.337 e. The maximum Gasteiger partial charge on any atom is 0.337 e. The van der Waals surface area contributed by atoms with Crippen molar-refractivity contribution in [1.29, 1.82) is 0 Å². The Morgan fingerprint density at radius 2 is 2.21 bits per heavy atom. The number of hydrogen-bond acceptors (Lipinski definition) is 5. The van der Waals surface area contributed by atoms with E-state index in [9.17, 15) is 9.90 Å². The number of ether oxygens (including phenoxy) is 1. The van der Waals surface area contributed by atoms with Gasteiger partial charge >= 0.3 is 5.97 Å². The number of nitrogens with zero attached hydrogens (tertiary/aromatic N) is 1. The van der Waals surface area contributed by atoms with Gasteiger partial charge in [-0.1, -0.05) is 33.3 Å². The van der Waals surface area contributed by atoms with E-state index in [1.54, 1.807) is 25.1 Å². The van der Waals surface area contributed by atoms with E-state index in [2.05, 4.69) is 26.5 Å². The standard InChI is InChI=1S/C16H14BrClN2O4/c1-2-24-14-6-9(5-12(17)15(14)21)8-19-20-10-3-4-13(18)11(7-10)16(22)23/h3-8,20-21H,2H2,1H3,(H,22,23)/p-1/b19-8+. The topological polar surface area (TPSA) is 94.0 Å². The largest absolute Gasteiger partial charge is 0.869 e. The van der Waals surface area contributed by atoms with Crippen molar-refractivity contribution in [3.8, 4) is 11.5 Å². The summed E-state index contributed by atoms with van der Waals surface area (Å²) in [5, 5.41) is 25.0. The number of carbonyl (C=O) groups is 1. The lowest BCUT2D eigenvalue weighted by Gasteiger charge is -2.16. The fourth-order valence-electron chi connectivity index (χ4n) is 1.87. The van der Waals surface area contributed by atoms with Gasteiger partial charge in [0.2, 0.25) is 0 Å². The van der Waals surface area contributed by atoms with E-state index in [4.69, 9.17) is 21.4 Å². The molecule has 0 aliphatic heterocycles. The first kappa shape index (κ1) is 18.1. The number of carboxylic acid groups (broad SMARTS) is 1. The molecular formula is C16H13BrClN2O4-. The summed E-state index contributed by atoms with van der Waals surface area (Å²) in [6.45, 7) is 2.17. The lowest BCUT2D eigenvalue weighted by molar-refractivity contribution is -0.271. The van der Waals surface area contributed by atoms with Gasteiger partial charge in [0, 0.05) is 4.47 Å². The quantitative estimate of drug-likeness (QED) is 0.557. The van der Waals surface area contributed by atoms with Gasteiger partial charge in [0.15, 0.2) is 0 Å². The van der Waals surface area contributed by atoms with Crippen LogP contribution in [-0.4, -0.2) is 23.9 Å². The van der Waals surface area contributed by atoms with E-state index in [1.807, 2.05) is 0 Å². The summed E-state index contributed by atoms with van der Waals surface area (Å²) in [6, 6.07) is 7.64. The second-order valence-electron chi connectivity index (χ2n) is 4.63. The molecule has 2 N–H and O–H groups in total. The van der Waals surface area contributed by atoms with Crippen molar-refractivity contribution < 1.29 is 19.7 Å². The minimum Gasteiger partial charge on any atom is -0.869 e. The van der Waals surface area contributed by atoms with Crippen molar-refractivity contribution in [2.24, 2.45) is 5.10 Å². The minimum atomic E-state index is -1.12. The Bertz CT molecular complexity index is 796. The minimum absolute atomic E-state index is 0.0195. The Morgan fingerprint density at radius 1 is 1.46 bits per heavy atom. The third-order valence-corrected chi connectivity index (χ3v) is 3.85. The van der Waals surface area contributed by atoms with Gasteiger partial charge in [-0.3, -0.25) is 5.43 Å². The molecule has 2 aromatic rings. The molecule has 0 radical (unpaired) electrons. The molecule has 6 nitrogen and oxygen atoms in total. The lowest BCUT2D eigenvalue weighted by atomic mass is 10.2. The van der Waals surface area contributed by atoms with Crippen LogP contribution in [0.3, 0.4) is 0 Å². The third kappa shape index (κ3) is 4.39. The first-order valence-electron chi connectivity index (χ1n) is 6.87. The predicted octanol–water partition coefficient (Wildman–Crippen LogP) is 3.72. The van der Waals surface area contributed by atoms with Gasteiger partial charge in [0.1, 0.15) is 5.75 Å². The van der Waals surface area contributed by atoms with Gasteiger partial charge in [-0.25, -0.2) is 4.79 Å². The van der Waals surface area contributed by atoms with Gasteiger partial charge in [0.05, 0.1) is 29.1 Å². The third-order valence-electron chi connectivity index (χ3n) is 2.94. The van der Waals surface area contributed by atoms with Crippen molar-refractivity contribution in [2.75, 3.05) is 12.0 Å². The van der Waals surface area contributed by atoms with Crippen molar-refractivity contribution in [2.45, 2.75) is 6.92 Å². The fraction of sp³-hybridized carbons (Fsp3) is 0.125. The zero-order valence-electron chi connectivity index (χ0n) is 12.5. The molecule has 0 bridgehead atoms. The van der Waals surface area contributed by atoms with Gasteiger partial charge in [-0.15, -0.1) is 0 Å². The summed E-state index contributed by atoms with van der Waals surface area (Å²) in [7, 11) is 0. The molecule has 24 heavy (non-hydrogen) atoms. The van der Waals surface area contributed by atoms with Crippen molar-refractivity contribution in [3.63, 3.8) is 0 Å². The Morgan fingerprint density at radius 3 is 2.88 bits per heavy atom. The van der Waals surface area contributed by atoms with Crippen molar-refractivity contribution >= 4 is 45.4 Å². The maximum atomic E-state index is 11.8. The molecule has 0 aromatic heterocycles. The average Bonchev–Trinajstić information content (AvgIpc) is 2.53. The lowest BCUT2D eigenvalue weighted by Crippen LogP contribution is -2.01. The molecule has 0 atom stereocenters. The molecule has 0 unspecified atom stereocenters. The van der Waals surface area contributed by atoms with Crippen LogP contribution < -0.4 is 15.3 Å². The van der Waals surface area contributed by atoms with E-state index in [0.29, 0.717) is 22.3 Å². The number of carboxylic acids is 1. The summed E-state index contributed by atoms with van der Waals surface area (Å²) >= 11 is 8.99. The van der Waals surface area contributed by atoms with Gasteiger partial charge in [0.25, 0.3) is 0 Å². The molecule has 0 heterocycles. The Hall–Kier alpha value is -2.25. The fourth-order valence-corrected chi connectivity index (χ4v) is 2.52. The number of aromatic carboxylic acids is 1. The number of rotatable bonds is 6. The summed E-state index contributed by atoms with van der Waals surface area (Å²) in [6.07, 6.45) is 1.49. The van der Waals surface area contributed by atoms with E-state index < -0.39 is 5.97 Å². The molecular weight excluding hydrogens is 400 g/mol. The Labute approximate surface area is 151 Å². The number of halogens is 2. The summed E-state index contributed by atoms with van der Waals surface area (Å²) in [5.74, 6) is -1.12. The summed E-state index contributed by atoms with van der Waals surface area (Å²) < 4.78 is 5.64. The van der Waals surface area contributed by atoms with Gasteiger partial charge in [-0.05, 0) is 42.8 Å². The van der Waals surface area contributed by atoms with Crippen LogP contribution in [0.15, 0.2) is 39.9 Å². The van der Waals surface area contributed by atoms with Crippen molar-refractivity contribution in [3.05, 3.63) is 51.0 Å².